The Morgan fingerprint density at radius 1 is 0.467 bits per heavy atom. The van der Waals surface area contributed by atoms with Crippen LogP contribution in [0, 0.1) is 27.7 Å². The summed E-state index contributed by atoms with van der Waals surface area (Å²) in [7, 11) is 1.71. The van der Waals surface area contributed by atoms with Gasteiger partial charge in [-0.15, -0.1) is 0 Å². The number of hydrogen-bond acceptors (Lipinski definition) is 1. The second kappa shape index (κ2) is 14.4. The monoisotopic (exact) mass is 406 g/mol. The number of aryl methyl sites for hydroxylation is 4. The molecule has 0 amide bonds. The average molecular weight is 407 g/mol. The predicted octanol–water partition coefficient (Wildman–Crippen LogP) is 9.34. The molecule has 0 aliphatic rings. The SMILES string of the molecule is CC.CC.CC.COc1ccc(-c2ccc(-c3ccc(C)c(C)c3)c(C)c2)c(C)c1. The van der Waals surface area contributed by atoms with Gasteiger partial charge in [0.2, 0.25) is 0 Å². The Morgan fingerprint density at radius 3 is 1.33 bits per heavy atom. The molecule has 30 heavy (non-hydrogen) atoms. The van der Waals surface area contributed by atoms with Crippen molar-refractivity contribution in [2.75, 3.05) is 7.11 Å². The summed E-state index contributed by atoms with van der Waals surface area (Å²) in [6, 6.07) is 19.7. The number of ether oxygens (including phenoxy) is 1. The minimum absolute atomic E-state index is 0.903. The fraction of sp³-hybridized carbons (Fsp3) is 0.379. The predicted molar refractivity (Wildman–Crippen MR) is 137 cm³/mol. The standard InChI is InChI=1S/C23H24O.3C2H6/c1-15-6-7-19(12-16(15)2)22-10-8-20(13-17(22)3)23-11-9-21(24-5)14-18(23)4;3*1-2/h6-14H,1-5H3;3*1-2H3. The molecule has 0 saturated carbocycles. The van der Waals surface area contributed by atoms with Crippen molar-refractivity contribution in [1.29, 1.82) is 0 Å². The summed E-state index contributed by atoms with van der Waals surface area (Å²) in [5.41, 5.74) is 10.3. The van der Waals surface area contributed by atoms with Crippen molar-refractivity contribution in [3.8, 4) is 28.0 Å². The van der Waals surface area contributed by atoms with Crippen LogP contribution in [0.5, 0.6) is 5.75 Å². The minimum atomic E-state index is 0.903. The first-order valence-electron chi connectivity index (χ1n) is 11.3. The molecule has 0 aliphatic heterocycles. The van der Waals surface area contributed by atoms with Gasteiger partial charge in [0.1, 0.15) is 5.75 Å². The van der Waals surface area contributed by atoms with E-state index in [0.29, 0.717) is 0 Å². The van der Waals surface area contributed by atoms with Gasteiger partial charge >= 0.3 is 0 Å². The number of hydrogen-bond donors (Lipinski definition) is 0. The number of benzene rings is 3. The van der Waals surface area contributed by atoms with E-state index in [1.165, 1.54) is 44.5 Å². The Hall–Kier alpha value is -2.54. The Kier molecular flexibility index (Phi) is 13.2. The molecule has 0 radical (unpaired) electrons. The van der Waals surface area contributed by atoms with E-state index in [-0.39, 0.29) is 0 Å². The molecule has 3 rings (SSSR count). The number of methoxy groups -OCH3 is 1. The summed E-state index contributed by atoms with van der Waals surface area (Å²) in [5.74, 6) is 0.903. The van der Waals surface area contributed by atoms with Crippen molar-refractivity contribution in [3.63, 3.8) is 0 Å². The van der Waals surface area contributed by atoms with Gasteiger partial charge < -0.3 is 4.74 Å². The molecular formula is C29H42O. The smallest absolute Gasteiger partial charge is 0.119 e. The fourth-order valence-electron chi connectivity index (χ4n) is 3.15. The van der Waals surface area contributed by atoms with Gasteiger partial charge in [0.25, 0.3) is 0 Å². The maximum Gasteiger partial charge on any atom is 0.119 e. The van der Waals surface area contributed by atoms with Crippen LogP contribution in [0.3, 0.4) is 0 Å². The van der Waals surface area contributed by atoms with E-state index in [0.717, 1.165) is 5.75 Å². The highest BCUT2D eigenvalue weighted by Gasteiger charge is 2.08. The van der Waals surface area contributed by atoms with Crippen molar-refractivity contribution in [2.24, 2.45) is 0 Å². The molecule has 0 aromatic heterocycles. The largest absolute Gasteiger partial charge is 0.497 e. The zero-order chi connectivity index (χ0) is 23.3. The molecule has 0 atom stereocenters. The van der Waals surface area contributed by atoms with E-state index in [1.807, 2.05) is 47.6 Å². The highest BCUT2D eigenvalue weighted by Crippen LogP contribution is 2.32. The molecule has 0 fully saturated rings. The topological polar surface area (TPSA) is 9.23 Å². The lowest BCUT2D eigenvalue weighted by molar-refractivity contribution is 0.414. The first-order valence-corrected chi connectivity index (χ1v) is 11.3. The Morgan fingerprint density at radius 2 is 0.900 bits per heavy atom. The van der Waals surface area contributed by atoms with Crippen molar-refractivity contribution in [1.82, 2.24) is 0 Å². The molecule has 0 bridgehead atoms. The van der Waals surface area contributed by atoms with Gasteiger partial charge in [-0.05, 0) is 84.3 Å². The molecule has 0 N–H and O–H groups in total. The van der Waals surface area contributed by atoms with E-state index in [1.54, 1.807) is 7.11 Å². The summed E-state index contributed by atoms with van der Waals surface area (Å²) in [4.78, 5) is 0. The summed E-state index contributed by atoms with van der Waals surface area (Å²) in [6.07, 6.45) is 0. The normalized spacial score (nSPS) is 9.17. The van der Waals surface area contributed by atoms with Gasteiger partial charge in [0.15, 0.2) is 0 Å². The molecule has 0 aliphatic carbocycles. The Labute approximate surface area is 186 Å². The summed E-state index contributed by atoms with van der Waals surface area (Å²) in [6.45, 7) is 20.6. The van der Waals surface area contributed by atoms with Crippen LogP contribution in [-0.2, 0) is 0 Å². The highest BCUT2D eigenvalue weighted by atomic mass is 16.5. The first-order chi connectivity index (χ1) is 14.5. The molecule has 1 heteroatoms. The fourth-order valence-corrected chi connectivity index (χ4v) is 3.15. The molecule has 164 valence electrons. The van der Waals surface area contributed by atoms with E-state index < -0.39 is 0 Å². The van der Waals surface area contributed by atoms with Gasteiger partial charge in [-0.3, -0.25) is 0 Å². The molecule has 0 saturated heterocycles. The van der Waals surface area contributed by atoms with E-state index in [9.17, 15) is 0 Å². The lowest BCUT2D eigenvalue weighted by atomic mass is 9.93. The summed E-state index contributed by atoms with van der Waals surface area (Å²) >= 11 is 0. The van der Waals surface area contributed by atoms with Crippen LogP contribution < -0.4 is 4.74 Å². The molecule has 0 spiro atoms. The van der Waals surface area contributed by atoms with Gasteiger partial charge in [0.05, 0.1) is 7.11 Å². The van der Waals surface area contributed by atoms with Crippen molar-refractivity contribution in [2.45, 2.75) is 69.2 Å². The molecule has 0 heterocycles. The van der Waals surface area contributed by atoms with Crippen LogP contribution in [0.15, 0.2) is 54.6 Å². The quantitative estimate of drug-likeness (QED) is 0.421. The lowest BCUT2D eigenvalue weighted by Crippen LogP contribution is -1.90. The average Bonchev–Trinajstić information content (AvgIpc) is 2.79. The van der Waals surface area contributed by atoms with E-state index >= 15 is 0 Å². The maximum atomic E-state index is 5.31. The number of rotatable bonds is 3. The zero-order valence-electron chi connectivity index (χ0n) is 21.1. The summed E-state index contributed by atoms with van der Waals surface area (Å²) in [5, 5.41) is 0. The maximum absolute atomic E-state index is 5.31. The van der Waals surface area contributed by atoms with Gasteiger partial charge in [-0.2, -0.15) is 0 Å². The minimum Gasteiger partial charge on any atom is -0.497 e. The molecule has 1 nitrogen and oxygen atoms in total. The van der Waals surface area contributed by atoms with Crippen LogP contribution in [0.2, 0.25) is 0 Å². The second-order valence-corrected chi connectivity index (χ2v) is 6.51. The zero-order valence-corrected chi connectivity index (χ0v) is 21.1. The van der Waals surface area contributed by atoms with Crippen molar-refractivity contribution < 1.29 is 4.74 Å². The van der Waals surface area contributed by atoms with Crippen molar-refractivity contribution >= 4 is 0 Å². The van der Waals surface area contributed by atoms with E-state index in [4.69, 9.17) is 4.74 Å². The van der Waals surface area contributed by atoms with Crippen LogP contribution in [0.4, 0.5) is 0 Å². The molecular weight excluding hydrogens is 364 g/mol. The Bertz CT molecular complexity index is 891. The third-order valence-electron chi connectivity index (χ3n) is 4.79. The van der Waals surface area contributed by atoms with Gasteiger partial charge in [-0.1, -0.05) is 84.0 Å². The van der Waals surface area contributed by atoms with Gasteiger partial charge in [-0.25, -0.2) is 0 Å². The van der Waals surface area contributed by atoms with Gasteiger partial charge in [0, 0.05) is 0 Å². The van der Waals surface area contributed by atoms with Crippen LogP contribution in [-0.4, -0.2) is 7.11 Å². The van der Waals surface area contributed by atoms with E-state index in [2.05, 4.69) is 76.2 Å². The second-order valence-electron chi connectivity index (χ2n) is 6.51. The van der Waals surface area contributed by atoms with Crippen LogP contribution >= 0.6 is 0 Å². The Balaban J connectivity index is 0.00000129. The van der Waals surface area contributed by atoms with Crippen molar-refractivity contribution in [3.05, 3.63) is 76.9 Å². The molecule has 0 unspecified atom stereocenters. The summed E-state index contributed by atoms with van der Waals surface area (Å²) < 4.78 is 5.31. The molecule has 3 aromatic rings. The third kappa shape index (κ3) is 7.06. The van der Waals surface area contributed by atoms with Crippen LogP contribution in [0.1, 0.15) is 63.8 Å². The first kappa shape index (κ1) is 27.5. The highest BCUT2D eigenvalue weighted by molar-refractivity contribution is 5.75. The third-order valence-corrected chi connectivity index (χ3v) is 4.79. The lowest BCUT2D eigenvalue weighted by Gasteiger charge is -2.13. The molecule has 3 aromatic carbocycles. The van der Waals surface area contributed by atoms with Crippen LogP contribution in [0.25, 0.3) is 22.3 Å².